The third kappa shape index (κ3) is 7.73. The van der Waals surface area contributed by atoms with Crippen LogP contribution in [-0.4, -0.2) is 53.1 Å². The van der Waals surface area contributed by atoms with Crippen molar-refractivity contribution in [2.75, 3.05) is 18.6 Å². The van der Waals surface area contributed by atoms with Gasteiger partial charge < -0.3 is 19.9 Å². The number of allylic oxidation sites excluding steroid dienone is 1. The molecule has 2 N–H and O–H groups in total. The van der Waals surface area contributed by atoms with Crippen LogP contribution < -0.4 is 15.4 Å². The van der Waals surface area contributed by atoms with Gasteiger partial charge in [0.25, 0.3) is 11.8 Å². The summed E-state index contributed by atoms with van der Waals surface area (Å²) < 4.78 is 59.2. The number of nitrogens with one attached hydrogen (secondary N) is 2. The van der Waals surface area contributed by atoms with Gasteiger partial charge in [0.15, 0.2) is 0 Å². The van der Waals surface area contributed by atoms with E-state index in [1.54, 1.807) is 56.7 Å². The quantitative estimate of drug-likeness (QED) is 0.161. The maximum atomic E-state index is 13.2. The number of fused-ring (bicyclic) bond motifs is 1. The maximum absolute atomic E-state index is 13.2. The molecule has 3 aromatic rings. The van der Waals surface area contributed by atoms with E-state index in [1.165, 1.54) is 18.4 Å². The van der Waals surface area contributed by atoms with Gasteiger partial charge in [-0.05, 0) is 36.6 Å². The van der Waals surface area contributed by atoms with Crippen LogP contribution in [0.4, 0.5) is 29.2 Å². The molecule has 0 saturated heterocycles. The summed E-state index contributed by atoms with van der Waals surface area (Å²) in [7, 11) is 1.72. The van der Waals surface area contributed by atoms with Crippen molar-refractivity contribution in [1.82, 2.24) is 14.9 Å². The number of benzene rings is 2. The van der Waals surface area contributed by atoms with E-state index in [0.29, 0.717) is 33.3 Å². The van der Waals surface area contributed by atoms with Gasteiger partial charge in [-0.3, -0.25) is 9.59 Å². The summed E-state index contributed by atoms with van der Waals surface area (Å²) in [5.74, 6) is -1.95. The first-order chi connectivity index (χ1) is 20.2. The summed E-state index contributed by atoms with van der Waals surface area (Å²) in [5, 5.41) is 6.26. The van der Waals surface area contributed by atoms with Gasteiger partial charge in [-0.25, -0.2) is 14.4 Å². The molecule has 13 heteroatoms. The minimum Gasteiger partial charge on any atom is -0.490 e. The predicted octanol–water partition coefficient (Wildman–Crippen LogP) is 6.94. The van der Waals surface area contributed by atoms with Crippen LogP contribution >= 0.6 is 11.6 Å². The predicted molar refractivity (Wildman–Crippen MR) is 158 cm³/mol. The second-order valence-corrected chi connectivity index (χ2v) is 11.6. The van der Waals surface area contributed by atoms with Crippen LogP contribution in [0, 0.1) is 11.3 Å². The molecule has 2 amide bonds. The van der Waals surface area contributed by atoms with E-state index in [0.717, 1.165) is 6.08 Å². The molecule has 230 valence electrons. The minimum atomic E-state index is -4.33. The first-order valence-corrected chi connectivity index (χ1v) is 14.0. The zero-order valence-corrected chi connectivity index (χ0v) is 24.8. The van der Waals surface area contributed by atoms with Crippen LogP contribution in [0.3, 0.4) is 0 Å². The number of ether oxygens (including phenoxy) is 1. The first-order valence-electron chi connectivity index (χ1n) is 13.6. The minimum absolute atomic E-state index is 0.0664. The summed E-state index contributed by atoms with van der Waals surface area (Å²) in [4.78, 5) is 34.0. The Morgan fingerprint density at radius 1 is 1.16 bits per heavy atom. The van der Waals surface area contributed by atoms with E-state index >= 15 is 0 Å². The first kappa shape index (κ1) is 32.0. The Morgan fingerprint density at radius 3 is 2.53 bits per heavy atom. The highest BCUT2D eigenvalue weighted by Crippen LogP contribution is 2.35. The molecule has 0 aliphatic heterocycles. The fourth-order valence-corrected chi connectivity index (χ4v) is 4.57. The Balaban J connectivity index is 1.61. The number of halogens is 5. The van der Waals surface area contributed by atoms with Gasteiger partial charge in [0, 0.05) is 30.8 Å². The van der Waals surface area contributed by atoms with E-state index < -0.39 is 36.1 Å². The van der Waals surface area contributed by atoms with Gasteiger partial charge in [0.1, 0.15) is 19.0 Å². The summed E-state index contributed by atoms with van der Waals surface area (Å²) in [5.41, 5.74) is 1.52. The lowest BCUT2D eigenvalue weighted by atomic mass is 9.92. The molecule has 2 aromatic carbocycles. The van der Waals surface area contributed by atoms with E-state index in [-0.39, 0.29) is 36.7 Å². The molecule has 0 bridgehead atoms. The molecule has 1 aliphatic rings. The van der Waals surface area contributed by atoms with Crippen molar-refractivity contribution in [3.05, 3.63) is 58.6 Å². The molecular formula is C30H32ClF4N5O3. The van der Waals surface area contributed by atoms with Crippen LogP contribution in [0.1, 0.15) is 49.5 Å². The van der Waals surface area contributed by atoms with Crippen molar-refractivity contribution in [3.63, 3.8) is 0 Å². The highest BCUT2D eigenvalue weighted by molar-refractivity contribution is 6.33. The number of amides is 2. The Bertz CT molecular complexity index is 1580. The normalized spacial score (nSPS) is 17.4. The number of aromatic nitrogens is 2. The van der Waals surface area contributed by atoms with Crippen molar-refractivity contribution < 1.29 is 31.9 Å². The monoisotopic (exact) mass is 621 g/mol. The Morgan fingerprint density at radius 2 is 1.91 bits per heavy atom. The lowest BCUT2D eigenvalue weighted by molar-refractivity contribution is -0.163. The number of carbonyl (C=O) groups is 2. The number of nitrogens with zero attached hydrogens (tertiary/aromatic N) is 3. The van der Waals surface area contributed by atoms with Crippen molar-refractivity contribution in [2.24, 2.45) is 23.4 Å². The van der Waals surface area contributed by atoms with Crippen LogP contribution in [-0.2, 0) is 11.8 Å². The van der Waals surface area contributed by atoms with Gasteiger partial charge in [-0.2, -0.15) is 13.2 Å². The molecule has 0 spiro atoms. The molecule has 0 unspecified atom stereocenters. The summed E-state index contributed by atoms with van der Waals surface area (Å²) in [6, 6.07) is 7.50. The molecule has 0 saturated carbocycles. The topological polar surface area (TPSA) is 97.6 Å². The Hall–Kier alpha value is -3.93. The summed E-state index contributed by atoms with van der Waals surface area (Å²) in [6.07, 6.45) is -0.518. The van der Waals surface area contributed by atoms with Crippen molar-refractivity contribution in [1.29, 1.82) is 0 Å². The molecule has 43 heavy (non-hydrogen) atoms. The number of imidazole rings is 1. The lowest BCUT2D eigenvalue weighted by Gasteiger charge is -2.25. The largest absolute Gasteiger partial charge is 0.490 e. The Labute approximate surface area is 251 Å². The summed E-state index contributed by atoms with van der Waals surface area (Å²) >= 11 is 6.42. The van der Waals surface area contributed by atoms with Crippen molar-refractivity contribution >= 4 is 52.3 Å². The number of carbonyl (C=O) groups excluding carboxylic acids is 2. The van der Waals surface area contributed by atoms with Gasteiger partial charge in [0.2, 0.25) is 5.95 Å². The smallest absolute Gasteiger partial charge is 0.395 e. The van der Waals surface area contributed by atoms with Gasteiger partial charge in [-0.15, -0.1) is 0 Å². The van der Waals surface area contributed by atoms with Crippen molar-refractivity contribution in [3.8, 4) is 5.75 Å². The van der Waals surface area contributed by atoms with Crippen molar-refractivity contribution in [2.45, 2.75) is 45.8 Å². The number of anilines is 2. The second kappa shape index (κ2) is 12.7. The molecule has 4 rings (SSSR count). The lowest BCUT2D eigenvalue weighted by Crippen LogP contribution is -2.37. The third-order valence-corrected chi connectivity index (χ3v) is 7.20. The van der Waals surface area contributed by atoms with E-state index in [2.05, 4.69) is 20.6 Å². The molecule has 1 aliphatic carbocycles. The maximum Gasteiger partial charge on any atom is 0.395 e. The van der Waals surface area contributed by atoms with E-state index in [9.17, 15) is 27.2 Å². The zero-order valence-electron chi connectivity index (χ0n) is 24.1. The molecule has 1 heterocycles. The number of aliphatic imine (C=N–C) groups is 1. The number of alkyl halides is 4. The summed E-state index contributed by atoms with van der Waals surface area (Å²) in [6.45, 7) is 4.23. The SMILES string of the molecule is Cn1c(Nc2cc(C=NC(=O)C(C)(C)C)ccc2Cl)nc2cc(C(=O)N[C@@H]3C=C[C@@H](C(F)(F)F)CC3)c(OCCF)cc21. The molecule has 2 atom stereocenters. The Kier molecular flexibility index (Phi) is 9.48. The van der Waals surface area contributed by atoms with Crippen LogP contribution in [0.25, 0.3) is 11.0 Å². The average molecular weight is 622 g/mol. The van der Waals surface area contributed by atoms with Gasteiger partial charge in [-0.1, -0.05) is 50.6 Å². The molecule has 0 fully saturated rings. The average Bonchev–Trinajstić information content (AvgIpc) is 3.24. The van der Waals surface area contributed by atoms with Gasteiger partial charge in [0.05, 0.1) is 33.2 Å². The highest BCUT2D eigenvalue weighted by Gasteiger charge is 2.39. The number of aryl methyl sites for hydroxylation is 1. The highest BCUT2D eigenvalue weighted by atomic mass is 35.5. The number of rotatable bonds is 8. The molecule has 0 radical (unpaired) electrons. The molecular weight excluding hydrogens is 590 g/mol. The molecule has 1 aromatic heterocycles. The van der Waals surface area contributed by atoms with Crippen LogP contribution in [0.15, 0.2) is 47.5 Å². The van der Waals surface area contributed by atoms with E-state index in [1.807, 2.05) is 0 Å². The molecule has 8 nitrogen and oxygen atoms in total. The standard InChI is InChI=1S/C30H32ClF4N5O3/c1-29(2,3)27(42)36-16-17-5-10-21(31)22(13-17)38-28-39-23-14-20(25(43-12-11-32)15-24(23)40(28)4)26(41)37-19-8-6-18(7-9-19)30(33,34)35/h5-6,8,10,13-16,18-19H,7,9,11-12H2,1-4H3,(H,37,41)(H,38,39)/t18-,19-/m1/s1. The second-order valence-electron chi connectivity index (χ2n) is 11.2. The van der Waals surface area contributed by atoms with Crippen LogP contribution in [0.2, 0.25) is 5.02 Å². The number of hydrogen-bond donors (Lipinski definition) is 2. The fraction of sp³-hybridized carbons (Fsp3) is 0.400. The van der Waals surface area contributed by atoms with E-state index in [4.69, 9.17) is 16.3 Å². The third-order valence-electron chi connectivity index (χ3n) is 6.87. The van der Waals surface area contributed by atoms with Crippen LogP contribution in [0.5, 0.6) is 5.75 Å². The number of hydrogen-bond acceptors (Lipinski definition) is 5. The zero-order chi connectivity index (χ0) is 31.5. The van der Waals surface area contributed by atoms with Gasteiger partial charge >= 0.3 is 6.18 Å². The fourth-order valence-electron chi connectivity index (χ4n) is 4.40.